The van der Waals surface area contributed by atoms with Gasteiger partial charge >= 0.3 is 65.7 Å². The maximum Gasteiger partial charge on any atom is 0.346 e. The highest BCUT2D eigenvalue weighted by Crippen LogP contribution is 2.44. The Morgan fingerprint density at radius 1 is 0.315 bits per heavy atom. The predicted molar refractivity (Wildman–Crippen MR) is 393 cm³/mol. The van der Waals surface area contributed by atoms with E-state index in [-0.39, 0.29) is 149 Å². The van der Waals surface area contributed by atoms with Gasteiger partial charge in [0.05, 0.1) is 116 Å². The molecular weight excluding hydrogens is 1510 g/mol. The SMILES string of the molecule is Nc1cc(C(=O)O)ccc1Cl.Nc1ccc(C(=O)O)cc1N.O=C(O)c1ccc(Cl)c(N2C(=O)c3ccc4c(=O)n5c6cc(C(=O)O)ccc6nc5c5ccc(c3c45)C2=O)c1.O=C(O)c1ccc(Cl)c(N2C(=O)c3ccc4c5c(ccc(c35)C2=O)C(=O)OC4=O)c1.O=C1OC(=O)c2ccc3c4c(ccc1c24)C(=O)OC3=O. The number of nitrogen functional groups attached to an aromatic ring is 3. The molecule has 0 bridgehead atoms. The summed E-state index contributed by atoms with van der Waals surface area (Å²) in [5.74, 6) is -13.5. The van der Waals surface area contributed by atoms with Gasteiger partial charge in [0.15, 0.2) is 0 Å². The standard InChI is InChI=1S/C28H12ClN3O7.C21H8ClNO7.C14H4O6.C7H6ClNO2.C7H8N2O2/c29-17-7-1-11(27(36)37)9-19(17)32-25(34)15-4-3-13-21-14(5-6-16(22(15)21)26(32)35)24(33)31-20-10-12(28(38)39)2-8-18(20)30-23(13)31;22-13-6-1-8(19(26)27)7-14(13)23-17(24)9-2-4-11-16-12(21(29)30-20(11)28)5-3-10(15(9)16)18(23)25;15-11-5-1-2-6-10-8(14(18)20-12(6)16)4-3-7(9(5)10)13(17)19-11;2*8-5-2-1-4(7(10)11)3-6(5)9/h1-10H,(H,36,37)(H,38,39);1-7H,(H,26,27);1-4H;1-3H,9H2,(H,10,11);1-3H,8-9H2,(H,10,11). The lowest BCUT2D eigenvalue weighted by molar-refractivity contribution is 0.0366. The van der Waals surface area contributed by atoms with Crippen LogP contribution in [0.2, 0.25) is 15.1 Å². The molecule has 0 spiro atoms. The number of cyclic esters (lactones) is 6. The summed E-state index contributed by atoms with van der Waals surface area (Å²) >= 11 is 18.0. The molecule has 0 aliphatic carbocycles. The van der Waals surface area contributed by atoms with Crippen molar-refractivity contribution >= 4 is 212 Å². The summed E-state index contributed by atoms with van der Waals surface area (Å²) in [6.45, 7) is 0. The molecule has 11 N–H and O–H groups in total. The number of esters is 6. The van der Waals surface area contributed by atoms with Crippen molar-refractivity contribution in [2.75, 3.05) is 27.0 Å². The van der Waals surface area contributed by atoms with Gasteiger partial charge in [-0.1, -0.05) is 34.8 Å². The molecule has 4 amide bonds. The normalized spacial score (nSPS) is 13.5. The molecule has 11 aromatic carbocycles. The van der Waals surface area contributed by atoms with E-state index in [9.17, 15) is 92.0 Å². The highest BCUT2D eigenvalue weighted by Gasteiger charge is 2.42. The zero-order chi connectivity index (χ0) is 79.5. The minimum Gasteiger partial charge on any atom is -0.478 e. The van der Waals surface area contributed by atoms with E-state index in [0.717, 1.165) is 21.9 Å². The number of carbonyl (C=O) groups excluding carboxylic acids is 10. The maximum absolute atomic E-state index is 13.7. The molecule has 0 fully saturated rings. The Labute approximate surface area is 629 Å². The molecule has 2 aromatic heterocycles. The van der Waals surface area contributed by atoms with Gasteiger partial charge in [0.1, 0.15) is 5.65 Å². The minimum absolute atomic E-state index is 0.00374. The minimum atomic E-state index is -1.25. The molecular formula is C77H38Cl3N7O24. The number of nitrogens with zero attached hydrogens (tertiary/aromatic N) is 4. The number of fused-ring (bicyclic) bond motifs is 4. The number of nitrogens with two attached hydrogens (primary N) is 3. The fourth-order valence-corrected chi connectivity index (χ4v) is 13.5. The van der Waals surface area contributed by atoms with Gasteiger partial charge in [-0.3, -0.25) is 28.4 Å². The zero-order valence-electron chi connectivity index (χ0n) is 55.2. The Morgan fingerprint density at radius 2 is 0.613 bits per heavy atom. The molecule has 13 aromatic rings. The Kier molecular flexibility index (Phi) is 17.8. The molecule has 0 saturated heterocycles. The largest absolute Gasteiger partial charge is 0.478 e. The highest BCUT2D eigenvalue weighted by atomic mass is 35.5. The second kappa shape index (κ2) is 27.2. The number of hydrogen-bond donors (Lipinski definition) is 8. The number of ether oxygens (including phenoxy) is 3. The highest BCUT2D eigenvalue weighted by molar-refractivity contribution is 6.44. The van der Waals surface area contributed by atoms with Crippen LogP contribution in [0.15, 0.2) is 169 Å². The lowest BCUT2D eigenvalue weighted by atomic mass is 9.87. The fraction of sp³-hybridized carbons (Fsp3) is 0. The summed E-state index contributed by atoms with van der Waals surface area (Å²) in [5.41, 5.74) is 18.6. The number of carbonyl (C=O) groups is 15. The average molecular weight is 1550 g/mol. The van der Waals surface area contributed by atoms with Crippen LogP contribution in [-0.2, 0) is 14.2 Å². The van der Waals surface area contributed by atoms with E-state index in [1.807, 2.05) is 0 Å². The van der Waals surface area contributed by atoms with E-state index in [4.69, 9.17) is 67.0 Å². The third-order valence-electron chi connectivity index (χ3n) is 18.1. The summed E-state index contributed by atoms with van der Waals surface area (Å²) in [7, 11) is 0. The number of rotatable bonds is 7. The van der Waals surface area contributed by atoms with Crippen molar-refractivity contribution in [1.29, 1.82) is 0 Å². The molecule has 0 unspecified atom stereocenters. The zero-order valence-corrected chi connectivity index (χ0v) is 57.5. The molecule has 0 radical (unpaired) electrons. The molecule has 18 rings (SSSR count). The fourth-order valence-electron chi connectivity index (χ4n) is 13.0. The first-order valence-corrected chi connectivity index (χ1v) is 32.8. The van der Waals surface area contributed by atoms with E-state index in [1.165, 1.54) is 150 Å². The smallest absolute Gasteiger partial charge is 0.346 e. The number of halogens is 3. The number of benzene rings is 11. The number of carboxylic acid groups (broad SMARTS) is 5. The van der Waals surface area contributed by atoms with Crippen LogP contribution >= 0.6 is 34.8 Å². The topological polar surface area (TPSA) is 504 Å². The number of anilines is 5. The summed E-state index contributed by atoms with van der Waals surface area (Å²) in [6.07, 6.45) is 0. The van der Waals surface area contributed by atoms with E-state index in [2.05, 4.69) is 14.5 Å². The van der Waals surface area contributed by atoms with Gasteiger partial charge < -0.3 is 56.9 Å². The van der Waals surface area contributed by atoms with Gasteiger partial charge in [-0.05, 0) is 164 Å². The van der Waals surface area contributed by atoms with Gasteiger partial charge in [0.25, 0.3) is 29.2 Å². The van der Waals surface area contributed by atoms with Crippen LogP contribution in [0.25, 0.3) is 59.8 Å². The van der Waals surface area contributed by atoms with Crippen LogP contribution in [0, 0.1) is 0 Å². The van der Waals surface area contributed by atoms with Gasteiger partial charge in [-0.15, -0.1) is 0 Å². The maximum atomic E-state index is 13.7. The van der Waals surface area contributed by atoms with Crippen molar-refractivity contribution in [3.63, 3.8) is 0 Å². The van der Waals surface area contributed by atoms with Gasteiger partial charge in [0.2, 0.25) is 0 Å². The number of imide groups is 2. The number of aromatic carboxylic acids is 5. The van der Waals surface area contributed by atoms with Crippen molar-refractivity contribution in [2.45, 2.75) is 0 Å². The number of aromatic nitrogens is 2. The average Bonchev–Trinajstić information content (AvgIpc) is 1.70. The Hall–Kier alpha value is -15.3. The number of carboxylic acids is 5. The van der Waals surface area contributed by atoms with E-state index in [0.29, 0.717) is 38.2 Å². The van der Waals surface area contributed by atoms with E-state index < -0.39 is 94.9 Å². The molecule has 5 aliphatic rings. The molecule has 31 nitrogen and oxygen atoms in total. The summed E-state index contributed by atoms with van der Waals surface area (Å²) in [4.78, 5) is 200. The van der Waals surface area contributed by atoms with Crippen LogP contribution in [0.1, 0.15) is 155 Å². The van der Waals surface area contributed by atoms with Crippen molar-refractivity contribution in [3.8, 4) is 0 Å². The van der Waals surface area contributed by atoms with Crippen molar-refractivity contribution in [3.05, 3.63) is 273 Å². The van der Waals surface area contributed by atoms with Crippen molar-refractivity contribution in [2.24, 2.45) is 0 Å². The second-order valence-corrected chi connectivity index (χ2v) is 25.6. The van der Waals surface area contributed by atoms with Crippen LogP contribution in [0.3, 0.4) is 0 Å². The number of imidazole rings is 1. The van der Waals surface area contributed by atoms with E-state index in [1.54, 1.807) is 6.07 Å². The summed E-state index contributed by atoms with van der Waals surface area (Å²) < 4.78 is 15.2. The quantitative estimate of drug-likeness (QED) is 0.0241. The molecule has 7 heterocycles. The Balaban J connectivity index is 0.000000125. The number of hydrogen-bond acceptors (Lipinski definition) is 23. The second-order valence-electron chi connectivity index (χ2n) is 24.4. The Morgan fingerprint density at radius 3 is 0.982 bits per heavy atom. The third kappa shape index (κ3) is 12.1. The lowest BCUT2D eigenvalue weighted by Crippen LogP contribution is -2.41. The molecule has 111 heavy (non-hydrogen) atoms. The molecule has 34 heteroatoms. The monoisotopic (exact) mass is 1550 g/mol. The first-order chi connectivity index (χ1) is 52.8. The molecule has 546 valence electrons. The van der Waals surface area contributed by atoms with Crippen molar-refractivity contribution < 1.29 is 112 Å². The van der Waals surface area contributed by atoms with E-state index >= 15 is 0 Å². The Bertz CT molecular complexity index is 6440. The number of amides is 4. The molecule has 0 saturated carbocycles. The lowest BCUT2D eigenvalue weighted by Gasteiger charge is -2.29. The third-order valence-corrected chi connectivity index (χ3v) is 19.1. The predicted octanol–water partition coefficient (Wildman–Crippen LogP) is 11.4. The van der Waals surface area contributed by atoms with Crippen LogP contribution in [0.5, 0.6) is 0 Å². The summed E-state index contributed by atoms with van der Waals surface area (Å²) in [5, 5.41) is 47.7. The number of pyridine rings is 1. The molecule has 0 atom stereocenters. The van der Waals surface area contributed by atoms with Crippen LogP contribution in [-0.4, -0.2) is 124 Å². The first-order valence-electron chi connectivity index (χ1n) is 31.7. The molecule has 5 aliphatic heterocycles. The summed E-state index contributed by atoms with van der Waals surface area (Å²) in [6, 6.07) is 37.1. The van der Waals surface area contributed by atoms with Crippen LogP contribution in [0.4, 0.5) is 28.4 Å². The van der Waals surface area contributed by atoms with Gasteiger partial charge in [0, 0.05) is 65.3 Å². The van der Waals surface area contributed by atoms with Gasteiger partial charge in [-0.25, -0.2) is 67.5 Å². The van der Waals surface area contributed by atoms with Crippen LogP contribution < -0.4 is 32.6 Å². The van der Waals surface area contributed by atoms with Gasteiger partial charge in [-0.2, -0.15) is 0 Å². The van der Waals surface area contributed by atoms with Crippen molar-refractivity contribution in [1.82, 2.24) is 9.38 Å². The first kappa shape index (κ1) is 72.6.